The molecule has 2 aromatic rings. The van der Waals surface area contributed by atoms with Crippen LogP contribution in [0.3, 0.4) is 0 Å². The lowest BCUT2D eigenvalue weighted by atomic mass is 9.82. The second-order valence-corrected chi connectivity index (χ2v) is 10.8. The molecule has 7 heteroatoms. The number of hydrogen-bond donors (Lipinski definition) is 0. The van der Waals surface area contributed by atoms with Crippen molar-refractivity contribution in [1.29, 1.82) is 0 Å². The molecule has 0 unspecified atom stereocenters. The zero-order valence-corrected chi connectivity index (χ0v) is 19.7. The van der Waals surface area contributed by atoms with Crippen LogP contribution in [0.4, 0.5) is 0 Å². The summed E-state index contributed by atoms with van der Waals surface area (Å²) in [6.45, 7) is 4.13. The maximum absolute atomic E-state index is 13.4. The van der Waals surface area contributed by atoms with Gasteiger partial charge in [-0.2, -0.15) is 4.31 Å². The zero-order chi connectivity index (χ0) is 22.8. The van der Waals surface area contributed by atoms with Gasteiger partial charge in [-0.05, 0) is 42.9 Å². The molecule has 0 aromatic heterocycles. The van der Waals surface area contributed by atoms with E-state index in [0.717, 1.165) is 30.4 Å². The Balaban J connectivity index is 1.47. The average Bonchev–Trinajstić information content (AvgIpc) is 2.79. The second kappa shape index (κ2) is 9.33. The molecule has 0 saturated carbocycles. The molecule has 32 heavy (non-hydrogen) atoms. The number of rotatable bonds is 5. The molecule has 4 rings (SSSR count). The van der Waals surface area contributed by atoms with Crippen LogP contribution >= 0.6 is 0 Å². The highest BCUT2D eigenvalue weighted by Crippen LogP contribution is 2.38. The number of sulfonamides is 1. The van der Waals surface area contributed by atoms with E-state index in [1.54, 1.807) is 4.31 Å². The van der Waals surface area contributed by atoms with E-state index >= 15 is 0 Å². The van der Waals surface area contributed by atoms with Crippen molar-refractivity contribution >= 4 is 15.9 Å². The van der Waals surface area contributed by atoms with E-state index in [0.29, 0.717) is 38.2 Å². The van der Waals surface area contributed by atoms with Gasteiger partial charge in [0.15, 0.2) is 0 Å². The molecule has 2 aromatic carbocycles. The number of carbonyl (C=O) groups excluding carboxylic acids is 1. The summed E-state index contributed by atoms with van der Waals surface area (Å²) in [6, 6.07) is 17.7. The van der Waals surface area contributed by atoms with Gasteiger partial charge in [0.05, 0.1) is 11.9 Å². The minimum Gasteiger partial charge on any atom is -0.375 e. The Morgan fingerprint density at radius 1 is 1.09 bits per heavy atom. The Labute approximate surface area is 191 Å². The van der Waals surface area contributed by atoms with Gasteiger partial charge in [-0.25, -0.2) is 8.42 Å². The molecule has 1 spiro atoms. The Kier molecular flexibility index (Phi) is 6.70. The average molecular weight is 457 g/mol. The fourth-order valence-electron chi connectivity index (χ4n) is 5.19. The molecular formula is C25H32N2O4S. The molecule has 6 nitrogen and oxygen atoms in total. The summed E-state index contributed by atoms with van der Waals surface area (Å²) < 4.78 is 32.2. The highest BCUT2D eigenvalue weighted by molar-refractivity contribution is 7.88. The Bertz CT molecular complexity index is 1050. The van der Waals surface area contributed by atoms with Crippen molar-refractivity contribution in [3.63, 3.8) is 0 Å². The predicted octanol–water partition coefficient (Wildman–Crippen LogP) is 3.79. The Hall–Kier alpha value is -2.22. The van der Waals surface area contributed by atoms with Crippen molar-refractivity contribution in [2.75, 3.05) is 32.5 Å². The maximum atomic E-state index is 13.4. The van der Waals surface area contributed by atoms with Gasteiger partial charge in [-0.15, -0.1) is 0 Å². The van der Waals surface area contributed by atoms with E-state index in [1.165, 1.54) is 6.26 Å². The van der Waals surface area contributed by atoms with E-state index in [-0.39, 0.29) is 17.6 Å². The SMILES string of the molecule is CCN([C@@H]1CCOC2(CCN(C(=O)c3ccccc3-c3ccccc3)CC2)C1)S(C)(=O)=O. The third-order valence-electron chi connectivity index (χ3n) is 6.82. The first-order valence-electron chi connectivity index (χ1n) is 11.4. The van der Waals surface area contributed by atoms with Crippen molar-refractivity contribution in [2.24, 2.45) is 0 Å². The standard InChI is InChI=1S/C25H32N2O4S/c1-3-27(32(2,29)30)21-13-18-31-25(19-21)14-16-26(17-15-25)24(28)23-12-8-7-11-22(23)20-9-5-4-6-10-20/h4-12,21H,3,13-19H2,1-2H3/t21-/m1/s1. The van der Waals surface area contributed by atoms with E-state index in [4.69, 9.17) is 4.74 Å². The van der Waals surface area contributed by atoms with Gasteiger partial charge < -0.3 is 9.64 Å². The van der Waals surface area contributed by atoms with Gasteiger partial charge in [0.2, 0.25) is 10.0 Å². The highest BCUT2D eigenvalue weighted by atomic mass is 32.2. The van der Waals surface area contributed by atoms with E-state index in [1.807, 2.05) is 66.4 Å². The minimum absolute atomic E-state index is 0.0372. The summed E-state index contributed by atoms with van der Waals surface area (Å²) in [4.78, 5) is 15.3. The lowest BCUT2D eigenvalue weighted by Gasteiger charge is -2.47. The fraction of sp³-hybridized carbons (Fsp3) is 0.480. The second-order valence-electron chi connectivity index (χ2n) is 8.85. The van der Waals surface area contributed by atoms with Gasteiger partial charge in [0.1, 0.15) is 0 Å². The molecular weight excluding hydrogens is 424 g/mol. The molecule has 2 saturated heterocycles. The van der Waals surface area contributed by atoms with E-state index in [9.17, 15) is 13.2 Å². The molecule has 2 fully saturated rings. The van der Waals surface area contributed by atoms with Crippen LogP contribution in [0.5, 0.6) is 0 Å². The first-order valence-corrected chi connectivity index (χ1v) is 13.2. The van der Waals surface area contributed by atoms with Gasteiger partial charge >= 0.3 is 0 Å². The van der Waals surface area contributed by atoms with Crippen molar-refractivity contribution in [2.45, 2.75) is 44.2 Å². The molecule has 1 amide bonds. The summed E-state index contributed by atoms with van der Waals surface area (Å²) in [6.07, 6.45) is 4.14. The third kappa shape index (κ3) is 4.75. The Morgan fingerprint density at radius 2 is 1.75 bits per heavy atom. The monoisotopic (exact) mass is 456 g/mol. The maximum Gasteiger partial charge on any atom is 0.254 e. The summed E-state index contributed by atoms with van der Waals surface area (Å²) >= 11 is 0. The predicted molar refractivity (Wildman–Crippen MR) is 126 cm³/mol. The van der Waals surface area contributed by atoms with Crippen LogP contribution in [0.2, 0.25) is 0 Å². The molecule has 2 heterocycles. The molecule has 0 radical (unpaired) electrons. The molecule has 172 valence electrons. The van der Waals surface area contributed by atoms with Crippen LogP contribution in [0.15, 0.2) is 54.6 Å². The summed E-state index contributed by atoms with van der Waals surface area (Å²) in [5.41, 5.74) is 2.34. The summed E-state index contributed by atoms with van der Waals surface area (Å²) in [5, 5.41) is 0. The van der Waals surface area contributed by atoms with Crippen molar-refractivity contribution < 1.29 is 17.9 Å². The molecule has 0 N–H and O–H groups in total. The number of likely N-dealkylation sites (tertiary alicyclic amines) is 1. The van der Waals surface area contributed by atoms with Crippen LogP contribution in [-0.2, 0) is 14.8 Å². The van der Waals surface area contributed by atoms with Crippen LogP contribution < -0.4 is 0 Å². The van der Waals surface area contributed by atoms with Gasteiger partial charge in [-0.3, -0.25) is 4.79 Å². The van der Waals surface area contributed by atoms with E-state index < -0.39 is 10.0 Å². The van der Waals surface area contributed by atoms with Crippen LogP contribution in [0, 0.1) is 0 Å². The lowest BCUT2D eigenvalue weighted by molar-refractivity contribution is -0.122. The zero-order valence-electron chi connectivity index (χ0n) is 18.9. The topological polar surface area (TPSA) is 66.9 Å². The number of amides is 1. The largest absolute Gasteiger partial charge is 0.375 e. The molecule has 1 atom stereocenters. The van der Waals surface area contributed by atoms with Crippen LogP contribution in [0.25, 0.3) is 11.1 Å². The smallest absolute Gasteiger partial charge is 0.254 e. The Morgan fingerprint density at radius 3 is 2.41 bits per heavy atom. The van der Waals surface area contributed by atoms with Crippen molar-refractivity contribution in [1.82, 2.24) is 9.21 Å². The molecule has 0 aliphatic carbocycles. The third-order valence-corrected chi connectivity index (χ3v) is 8.22. The van der Waals surface area contributed by atoms with Gasteiger partial charge in [-0.1, -0.05) is 55.5 Å². The van der Waals surface area contributed by atoms with Crippen LogP contribution in [-0.4, -0.2) is 67.7 Å². The quantitative estimate of drug-likeness (QED) is 0.687. The molecule has 2 aliphatic heterocycles. The summed E-state index contributed by atoms with van der Waals surface area (Å²) in [7, 11) is -3.25. The molecule has 0 bridgehead atoms. The minimum atomic E-state index is -3.25. The highest BCUT2D eigenvalue weighted by Gasteiger charge is 2.44. The first kappa shape index (κ1) is 23.0. The summed E-state index contributed by atoms with van der Waals surface area (Å²) in [5.74, 6) is 0.0398. The number of ether oxygens (including phenoxy) is 1. The number of carbonyl (C=O) groups is 1. The number of hydrogen-bond acceptors (Lipinski definition) is 4. The van der Waals surface area contributed by atoms with Crippen molar-refractivity contribution in [3.8, 4) is 11.1 Å². The van der Waals surface area contributed by atoms with Gasteiger partial charge in [0.25, 0.3) is 5.91 Å². The first-order chi connectivity index (χ1) is 15.3. The van der Waals surface area contributed by atoms with Crippen molar-refractivity contribution in [3.05, 3.63) is 60.2 Å². The fourth-order valence-corrected chi connectivity index (χ4v) is 6.38. The normalized spacial score (nSPS) is 21.1. The van der Waals surface area contributed by atoms with E-state index in [2.05, 4.69) is 0 Å². The van der Waals surface area contributed by atoms with Gasteiger partial charge in [0, 0.05) is 37.8 Å². The van der Waals surface area contributed by atoms with Crippen LogP contribution in [0.1, 0.15) is 43.0 Å². The lowest BCUT2D eigenvalue weighted by Crippen LogP contribution is -2.55. The number of nitrogens with zero attached hydrogens (tertiary/aromatic N) is 2. The molecule has 2 aliphatic rings. The number of benzene rings is 2. The number of piperidine rings is 1.